The van der Waals surface area contributed by atoms with Gasteiger partial charge in [-0.05, 0) is 54.1 Å². The average molecular weight is 394 g/mol. The Morgan fingerprint density at radius 3 is 2.29 bits per heavy atom. The van der Waals surface area contributed by atoms with Crippen molar-refractivity contribution in [3.63, 3.8) is 0 Å². The molecule has 3 aromatic carbocycles. The number of carbonyl (C=O) groups is 2. The van der Waals surface area contributed by atoms with Gasteiger partial charge in [-0.25, -0.2) is 5.43 Å². The molecule has 6 nitrogen and oxygen atoms in total. The average Bonchev–Trinajstić information content (AvgIpc) is 2.70. The lowest BCUT2D eigenvalue weighted by molar-refractivity contribution is -0.136. The molecule has 3 rings (SSSR count). The molecule has 0 spiro atoms. The molecule has 0 radical (unpaired) electrons. The lowest BCUT2D eigenvalue weighted by Gasteiger charge is -2.07. The third kappa shape index (κ3) is 5.69. The molecule has 0 saturated carbocycles. The first-order chi connectivity index (χ1) is 13.6. The van der Waals surface area contributed by atoms with E-state index in [0.717, 1.165) is 0 Å². The second-order valence-corrected chi connectivity index (χ2v) is 6.08. The van der Waals surface area contributed by atoms with Crippen LogP contribution in [0.4, 0.5) is 5.69 Å². The minimum atomic E-state index is -0.886. The monoisotopic (exact) mass is 393 g/mol. The van der Waals surface area contributed by atoms with E-state index in [-0.39, 0.29) is 0 Å². The van der Waals surface area contributed by atoms with Gasteiger partial charge < -0.3 is 10.1 Å². The van der Waals surface area contributed by atoms with Gasteiger partial charge in [0.1, 0.15) is 11.5 Å². The summed E-state index contributed by atoms with van der Waals surface area (Å²) in [5, 5.41) is 6.78. The van der Waals surface area contributed by atoms with E-state index in [0.29, 0.717) is 27.8 Å². The molecule has 2 amide bonds. The molecule has 0 aliphatic heterocycles. The number of rotatable bonds is 5. The first-order valence-electron chi connectivity index (χ1n) is 8.33. The fraction of sp³-hybridized carbons (Fsp3) is 0. The van der Waals surface area contributed by atoms with Crippen molar-refractivity contribution in [3.8, 4) is 11.5 Å². The molecule has 0 aliphatic rings. The van der Waals surface area contributed by atoms with Crippen LogP contribution in [0.25, 0.3) is 0 Å². The Balaban J connectivity index is 1.51. The Hall–Kier alpha value is -3.64. The fourth-order valence-corrected chi connectivity index (χ4v) is 2.42. The van der Waals surface area contributed by atoms with E-state index in [9.17, 15) is 9.59 Å². The van der Waals surface area contributed by atoms with E-state index in [1.807, 2.05) is 30.3 Å². The van der Waals surface area contributed by atoms with Crippen LogP contribution >= 0.6 is 11.6 Å². The van der Waals surface area contributed by atoms with Crippen LogP contribution in [0.2, 0.25) is 5.02 Å². The Bertz CT molecular complexity index is 989. The van der Waals surface area contributed by atoms with Crippen LogP contribution in [0.15, 0.2) is 84.0 Å². The fourth-order valence-electron chi connectivity index (χ4n) is 2.22. The van der Waals surface area contributed by atoms with Crippen molar-refractivity contribution in [2.45, 2.75) is 0 Å². The first kappa shape index (κ1) is 19.1. The number of nitrogens with one attached hydrogen (secondary N) is 2. The van der Waals surface area contributed by atoms with Crippen molar-refractivity contribution in [3.05, 3.63) is 89.4 Å². The van der Waals surface area contributed by atoms with Crippen LogP contribution in [-0.4, -0.2) is 18.0 Å². The Labute approximate surface area is 166 Å². The van der Waals surface area contributed by atoms with E-state index in [4.69, 9.17) is 16.3 Å². The van der Waals surface area contributed by atoms with Crippen molar-refractivity contribution >= 4 is 35.3 Å². The molecular formula is C21H16ClN3O3. The minimum Gasteiger partial charge on any atom is -0.457 e. The van der Waals surface area contributed by atoms with Crippen LogP contribution in [0.1, 0.15) is 5.56 Å². The number of nitrogens with zero attached hydrogens (tertiary/aromatic N) is 1. The predicted octanol–water partition coefficient (Wildman–Crippen LogP) is 4.22. The molecule has 0 atom stereocenters. The second kappa shape index (κ2) is 9.34. The molecule has 140 valence electrons. The minimum absolute atomic E-state index is 0.458. The largest absolute Gasteiger partial charge is 0.457 e. The number of hydrogen-bond donors (Lipinski definition) is 2. The summed E-state index contributed by atoms with van der Waals surface area (Å²) in [6, 6.07) is 22.9. The zero-order valence-corrected chi connectivity index (χ0v) is 15.4. The molecule has 0 fully saturated rings. The lowest BCUT2D eigenvalue weighted by atomic mass is 10.2. The number of carbonyl (C=O) groups excluding carboxylic acids is 2. The van der Waals surface area contributed by atoms with Gasteiger partial charge in [0.25, 0.3) is 0 Å². The number of para-hydroxylation sites is 1. The topological polar surface area (TPSA) is 79.8 Å². The highest BCUT2D eigenvalue weighted by Gasteiger charge is 2.12. The van der Waals surface area contributed by atoms with E-state index in [1.165, 1.54) is 6.21 Å². The first-order valence-corrected chi connectivity index (χ1v) is 8.71. The number of benzene rings is 3. The van der Waals surface area contributed by atoms with Crippen LogP contribution in [0.3, 0.4) is 0 Å². The van der Waals surface area contributed by atoms with Gasteiger partial charge in [0, 0.05) is 10.7 Å². The van der Waals surface area contributed by atoms with Crippen LogP contribution in [0.5, 0.6) is 11.5 Å². The molecular weight excluding hydrogens is 378 g/mol. The number of hydrogen-bond acceptors (Lipinski definition) is 4. The molecule has 7 heteroatoms. The number of halogens is 1. The quantitative estimate of drug-likeness (QED) is 0.387. The normalized spacial score (nSPS) is 10.5. The molecule has 2 N–H and O–H groups in total. The molecule has 3 aromatic rings. The summed E-state index contributed by atoms with van der Waals surface area (Å²) < 4.78 is 5.67. The summed E-state index contributed by atoms with van der Waals surface area (Å²) in [7, 11) is 0. The lowest BCUT2D eigenvalue weighted by Crippen LogP contribution is -2.32. The van der Waals surface area contributed by atoms with E-state index in [2.05, 4.69) is 15.8 Å². The second-order valence-electron chi connectivity index (χ2n) is 5.65. The van der Waals surface area contributed by atoms with Gasteiger partial charge >= 0.3 is 11.8 Å². The summed E-state index contributed by atoms with van der Waals surface area (Å²) >= 11 is 5.86. The maximum atomic E-state index is 11.9. The van der Waals surface area contributed by atoms with Crippen molar-refractivity contribution in [2.24, 2.45) is 5.10 Å². The maximum absolute atomic E-state index is 11.9. The molecule has 0 saturated heterocycles. The molecule has 28 heavy (non-hydrogen) atoms. The Kier molecular flexibility index (Phi) is 6.38. The van der Waals surface area contributed by atoms with Gasteiger partial charge in [0.2, 0.25) is 0 Å². The van der Waals surface area contributed by atoms with Gasteiger partial charge in [-0.2, -0.15) is 5.10 Å². The van der Waals surface area contributed by atoms with Crippen LogP contribution in [-0.2, 0) is 9.59 Å². The molecule has 0 aliphatic carbocycles. The Morgan fingerprint density at radius 2 is 1.57 bits per heavy atom. The van der Waals surface area contributed by atoms with E-state index in [1.54, 1.807) is 48.5 Å². The number of amides is 2. The van der Waals surface area contributed by atoms with Gasteiger partial charge in [-0.1, -0.05) is 41.9 Å². The number of anilines is 1. The smallest absolute Gasteiger partial charge is 0.329 e. The molecule has 0 unspecified atom stereocenters. The molecule has 0 heterocycles. The third-order valence-corrected chi connectivity index (χ3v) is 3.76. The van der Waals surface area contributed by atoms with Gasteiger partial charge in [0.15, 0.2) is 0 Å². The van der Waals surface area contributed by atoms with Crippen molar-refractivity contribution in [1.29, 1.82) is 0 Å². The summed E-state index contributed by atoms with van der Waals surface area (Å²) in [5.41, 5.74) is 3.32. The standard InChI is InChI=1S/C21H16ClN3O3/c22-16-6-4-5-15(13-16)14-23-25-21(27)20(26)24-17-9-11-19(12-10-17)28-18-7-2-1-3-8-18/h1-14H,(H,24,26)(H,25,27)/b23-14-. The number of ether oxygens (including phenoxy) is 1. The summed E-state index contributed by atoms with van der Waals surface area (Å²) in [5.74, 6) is -0.404. The van der Waals surface area contributed by atoms with Gasteiger partial charge in [-0.15, -0.1) is 0 Å². The summed E-state index contributed by atoms with van der Waals surface area (Å²) in [6.45, 7) is 0. The molecule has 0 bridgehead atoms. The highest BCUT2D eigenvalue weighted by molar-refractivity contribution is 6.39. The Morgan fingerprint density at radius 1 is 0.857 bits per heavy atom. The highest BCUT2D eigenvalue weighted by atomic mass is 35.5. The van der Waals surface area contributed by atoms with E-state index >= 15 is 0 Å². The third-order valence-electron chi connectivity index (χ3n) is 3.53. The predicted molar refractivity (Wildman–Crippen MR) is 109 cm³/mol. The van der Waals surface area contributed by atoms with Crippen molar-refractivity contribution < 1.29 is 14.3 Å². The SMILES string of the molecule is O=C(N/N=C\c1cccc(Cl)c1)C(=O)Nc1ccc(Oc2ccccc2)cc1. The van der Waals surface area contributed by atoms with Crippen LogP contribution in [0, 0.1) is 0 Å². The van der Waals surface area contributed by atoms with Gasteiger partial charge in [0.05, 0.1) is 6.21 Å². The number of hydrazone groups is 1. The van der Waals surface area contributed by atoms with Crippen molar-refractivity contribution in [2.75, 3.05) is 5.32 Å². The van der Waals surface area contributed by atoms with Gasteiger partial charge in [-0.3, -0.25) is 9.59 Å². The zero-order chi connectivity index (χ0) is 19.8. The van der Waals surface area contributed by atoms with Crippen molar-refractivity contribution in [1.82, 2.24) is 5.43 Å². The summed E-state index contributed by atoms with van der Waals surface area (Å²) in [6.07, 6.45) is 1.40. The van der Waals surface area contributed by atoms with Crippen LogP contribution < -0.4 is 15.5 Å². The van der Waals surface area contributed by atoms with E-state index < -0.39 is 11.8 Å². The maximum Gasteiger partial charge on any atom is 0.329 e. The zero-order valence-electron chi connectivity index (χ0n) is 14.6. The summed E-state index contributed by atoms with van der Waals surface area (Å²) in [4.78, 5) is 23.8. The highest BCUT2D eigenvalue weighted by Crippen LogP contribution is 2.22. The molecule has 0 aromatic heterocycles.